The Morgan fingerprint density at radius 3 is 2.60 bits per heavy atom. The molecular weight excluding hydrogens is 235 g/mol. The van der Waals surface area contributed by atoms with Crippen molar-refractivity contribution in [2.75, 3.05) is 0 Å². The first kappa shape index (κ1) is 14.6. The van der Waals surface area contributed by atoms with Gasteiger partial charge in [0.15, 0.2) is 0 Å². The molecule has 78 valence electrons. The predicted octanol–water partition coefficient (Wildman–Crippen LogP) is -4.52. The monoisotopic (exact) mass is 242 g/mol. The largest absolute Gasteiger partial charge is 1.00 e. The van der Waals surface area contributed by atoms with Crippen LogP contribution in [0.3, 0.4) is 0 Å². The van der Waals surface area contributed by atoms with E-state index in [-0.39, 0.29) is 35.3 Å². The first-order chi connectivity index (χ1) is 6.41. The number of nitrogens with zero attached hydrogens (tertiary/aromatic N) is 1. The summed E-state index contributed by atoms with van der Waals surface area (Å²) in [4.78, 5) is 16.2. The zero-order valence-corrected chi connectivity index (χ0v) is 10.7. The van der Waals surface area contributed by atoms with Gasteiger partial charge in [0.1, 0.15) is 5.25 Å². The van der Waals surface area contributed by atoms with Crippen LogP contribution in [0.2, 0.25) is 0 Å². The summed E-state index contributed by atoms with van der Waals surface area (Å²) < 4.78 is 30.3. The number of hydrogen-bond acceptors (Lipinski definition) is 5. The summed E-state index contributed by atoms with van der Waals surface area (Å²) >= 11 is 0. The number of carboxylic acids is 1. The molecule has 15 heavy (non-hydrogen) atoms. The molecule has 0 aliphatic rings. The zero-order valence-electron chi connectivity index (χ0n) is 7.87. The predicted molar refractivity (Wildman–Crippen MR) is 42.5 cm³/mol. The van der Waals surface area contributed by atoms with E-state index in [1.165, 1.54) is 6.33 Å². The normalized spacial score (nSPS) is 12.9. The maximum Gasteiger partial charge on any atom is 1.00 e. The van der Waals surface area contributed by atoms with Crippen LogP contribution in [0.4, 0.5) is 0 Å². The molecule has 0 bridgehead atoms. The zero-order chi connectivity index (χ0) is 10.8. The van der Waals surface area contributed by atoms with E-state index in [4.69, 9.17) is 4.55 Å². The molecule has 0 fully saturated rings. The van der Waals surface area contributed by atoms with Crippen LogP contribution in [-0.2, 0) is 14.9 Å². The van der Waals surface area contributed by atoms with Crippen LogP contribution < -0.4 is 34.7 Å². The van der Waals surface area contributed by atoms with Gasteiger partial charge in [0.25, 0.3) is 10.1 Å². The van der Waals surface area contributed by atoms with Crippen LogP contribution >= 0.6 is 0 Å². The van der Waals surface area contributed by atoms with Gasteiger partial charge in [-0.1, -0.05) is 0 Å². The molecule has 1 unspecified atom stereocenters. The molecule has 0 aromatic carbocycles. The number of H-pyrrole nitrogens is 1. The van der Waals surface area contributed by atoms with Crippen molar-refractivity contribution in [1.29, 1.82) is 0 Å². The molecule has 0 aliphatic heterocycles. The summed E-state index contributed by atoms with van der Waals surface area (Å²) in [5.41, 5.74) is 0.0108. The van der Waals surface area contributed by atoms with Gasteiger partial charge in [-0.3, -0.25) is 4.55 Å². The minimum atomic E-state index is -4.48. The SMILES string of the molecule is O=C([O-])CC(c1cnc[nH]1)S(=O)(=O)O.[Na+]. The molecule has 1 heterocycles. The number of rotatable bonds is 4. The summed E-state index contributed by atoms with van der Waals surface area (Å²) in [5, 5.41) is 8.67. The summed E-state index contributed by atoms with van der Waals surface area (Å²) in [6, 6.07) is 0. The molecule has 7 nitrogen and oxygen atoms in total. The van der Waals surface area contributed by atoms with Crippen molar-refractivity contribution < 1.29 is 52.4 Å². The van der Waals surface area contributed by atoms with Gasteiger partial charge in [0, 0.05) is 18.6 Å². The molecule has 1 atom stereocenters. The van der Waals surface area contributed by atoms with Gasteiger partial charge in [-0.05, 0) is 0 Å². The van der Waals surface area contributed by atoms with Crippen molar-refractivity contribution in [2.45, 2.75) is 11.7 Å². The van der Waals surface area contributed by atoms with Crippen molar-refractivity contribution >= 4 is 16.1 Å². The number of hydrogen-bond donors (Lipinski definition) is 2. The van der Waals surface area contributed by atoms with E-state index in [0.29, 0.717) is 0 Å². The maximum absolute atomic E-state index is 10.8. The molecule has 0 saturated heterocycles. The molecule has 1 aromatic rings. The number of nitrogens with one attached hydrogen (secondary N) is 1. The average Bonchev–Trinajstić information content (AvgIpc) is 2.49. The number of imidazole rings is 1. The van der Waals surface area contributed by atoms with Crippen LogP contribution in [0.15, 0.2) is 12.5 Å². The van der Waals surface area contributed by atoms with Crippen LogP contribution in [0.5, 0.6) is 0 Å². The maximum atomic E-state index is 10.8. The number of aromatic amines is 1. The van der Waals surface area contributed by atoms with E-state index in [1.807, 2.05) is 0 Å². The van der Waals surface area contributed by atoms with Gasteiger partial charge in [-0.25, -0.2) is 4.98 Å². The second kappa shape index (κ2) is 5.61. The fraction of sp³-hybridized carbons (Fsp3) is 0.333. The molecule has 2 N–H and O–H groups in total. The standard InChI is InChI=1S/C6H8N2O5S.Na/c9-6(10)1-5(14(11,12)13)4-2-7-3-8-4;/h2-3,5H,1H2,(H,7,8)(H,9,10)(H,11,12,13);/q;+1/p-1. The minimum Gasteiger partial charge on any atom is -0.550 e. The molecule has 0 aliphatic carbocycles. The molecular formula is C6H7N2NaO5S. The second-order valence-corrected chi connectivity index (χ2v) is 4.19. The van der Waals surface area contributed by atoms with Gasteiger partial charge in [0.05, 0.1) is 12.0 Å². The van der Waals surface area contributed by atoms with E-state index in [2.05, 4.69) is 9.97 Å². The Morgan fingerprint density at radius 2 is 2.27 bits per heavy atom. The summed E-state index contributed by atoms with van der Waals surface area (Å²) in [6.45, 7) is 0. The topological polar surface area (TPSA) is 123 Å². The third-order valence-corrected chi connectivity index (χ3v) is 2.72. The Bertz CT molecular complexity index is 415. The van der Waals surface area contributed by atoms with Crippen molar-refractivity contribution in [3.8, 4) is 0 Å². The fourth-order valence-electron chi connectivity index (χ4n) is 0.970. The van der Waals surface area contributed by atoms with Crippen molar-refractivity contribution in [1.82, 2.24) is 9.97 Å². The van der Waals surface area contributed by atoms with Crippen LogP contribution in [0.1, 0.15) is 17.4 Å². The average molecular weight is 242 g/mol. The molecule has 9 heteroatoms. The third kappa shape index (κ3) is 4.31. The van der Waals surface area contributed by atoms with Gasteiger partial charge in [-0.2, -0.15) is 8.42 Å². The van der Waals surface area contributed by atoms with Gasteiger partial charge < -0.3 is 14.9 Å². The van der Waals surface area contributed by atoms with E-state index in [0.717, 1.165) is 6.20 Å². The minimum absolute atomic E-state index is 0. The first-order valence-corrected chi connectivity index (χ1v) is 5.06. The van der Waals surface area contributed by atoms with Gasteiger partial charge >= 0.3 is 29.6 Å². The van der Waals surface area contributed by atoms with Gasteiger partial charge in [0.2, 0.25) is 0 Å². The van der Waals surface area contributed by atoms with Crippen LogP contribution in [-0.4, -0.2) is 28.9 Å². The van der Waals surface area contributed by atoms with Crippen molar-refractivity contribution in [3.05, 3.63) is 18.2 Å². The van der Waals surface area contributed by atoms with Crippen LogP contribution in [0.25, 0.3) is 0 Å². The molecule has 0 spiro atoms. The van der Waals surface area contributed by atoms with E-state index < -0.39 is 27.8 Å². The number of carbonyl (C=O) groups excluding carboxylic acids is 1. The van der Waals surface area contributed by atoms with E-state index in [1.54, 1.807) is 0 Å². The molecule has 1 rings (SSSR count). The quantitative estimate of drug-likeness (QED) is 0.405. The fourth-order valence-corrected chi connectivity index (χ4v) is 1.77. The van der Waals surface area contributed by atoms with E-state index in [9.17, 15) is 18.3 Å². The number of carbonyl (C=O) groups is 1. The summed E-state index contributed by atoms with van der Waals surface area (Å²) in [6.07, 6.45) is 1.49. The Kier molecular flexibility index (Phi) is 5.46. The number of aromatic nitrogens is 2. The molecule has 0 saturated carbocycles. The summed E-state index contributed by atoms with van der Waals surface area (Å²) in [7, 11) is -4.48. The number of aliphatic carboxylic acids is 1. The second-order valence-electron chi connectivity index (χ2n) is 2.59. The first-order valence-electron chi connectivity index (χ1n) is 3.55. The van der Waals surface area contributed by atoms with E-state index >= 15 is 0 Å². The third-order valence-electron chi connectivity index (χ3n) is 1.58. The Labute approximate surface area is 108 Å². The molecule has 0 amide bonds. The number of carboxylic acid groups (broad SMARTS) is 1. The molecule has 1 aromatic heterocycles. The Hall–Kier alpha value is -0.410. The van der Waals surface area contributed by atoms with Crippen molar-refractivity contribution in [3.63, 3.8) is 0 Å². The van der Waals surface area contributed by atoms with Gasteiger partial charge in [-0.15, -0.1) is 0 Å². The summed E-state index contributed by atoms with van der Waals surface area (Å²) in [5.74, 6) is -1.57. The molecule has 0 radical (unpaired) electrons. The Morgan fingerprint density at radius 1 is 1.67 bits per heavy atom. The smallest absolute Gasteiger partial charge is 0.550 e. The Balaban J connectivity index is 0.00000196. The van der Waals surface area contributed by atoms with Crippen LogP contribution in [0, 0.1) is 0 Å². The van der Waals surface area contributed by atoms with Crippen molar-refractivity contribution in [2.24, 2.45) is 0 Å².